The van der Waals surface area contributed by atoms with Gasteiger partial charge in [-0.3, -0.25) is 8.98 Å². The van der Waals surface area contributed by atoms with Gasteiger partial charge >= 0.3 is 0 Å². The number of hydrogen-bond acceptors (Lipinski definition) is 5. The Morgan fingerprint density at radius 3 is 2.36 bits per heavy atom. The molecule has 0 heterocycles. The van der Waals surface area contributed by atoms with Gasteiger partial charge in [-0.15, -0.1) is 0 Å². The Morgan fingerprint density at radius 2 is 2.00 bits per heavy atom. The van der Waals surface area contributed by atoms with Crippen LogP contribution in [-0.4, -0.2) is 32.5 Å². The quantitative estimate of drug-likeness (QED) is 0.519. The van der Waals surface area contributed by atoms with Crippen molar-refractivity contribution in [1.29, 1.82) is 0 Å². The summed E-state index contributed by atoms with van der Waals surface area (Å²) in [6.07, 6.45) is 0. The van der Waals surface area contributed by atoms with Crippen LogP contribution in [0, 0.1) is 0 Å². The smallest absolute Gasteiger partial charge is 0.257 e. The Balaban J connectivity index is 4.00. The summed E-state index contributed by atoms with van der Waals surface area (Å²) in [5.41, 5.74) is 4.97. The van der Waals surface area contributed by atoms with Crippen LogP contribution in [0.5, 0.6) is 0 Å². The van der Waals surface area contributed by atoms with Crippen molar-refractivity contribution < 1.29 is 17.4 Å². The molecular formula is C7H16N2O4S. The Hall–Kier alpha value is -0.660. The molecule has 0 fully saturated rings. The SMILES string of the molecule is CC(C)(C)NC(=O)[C@@H](N)CO[SH](=O)=O. The normalized spacial score (nSPS) is 14.1. The van der Waals surface area contributed by atoms with Gasteiger partial charge in [0.25, 0.3) is 11.0 Å². The Labute approximate surface area is 85.0 Å². The summed E-state index contributed by atoms with van der Waals surface area (Å²) in [5, 5.41) is 2.60. The maximum atomic E-state index is 11.3. The molecule has 0 saturated carbocycles. The zero-order chi connectivity index (χ0) is 11.4. The summed E-state index contributed by atoms with van der Waals surface area (Å²) in [4.78, 5) is 11.3. The van der Waals surface area contributed by atoms with Gasteiger partial charge in [0.2, 0.25) is 5.91 Å². The highest BCUT2D eigenvalue weighted by Gasteiger charge is 2.19. The van der Waals surface area contributed by atoms with E-state index >= 15 is 0 Å². The summed E-state index contributed by atoms with van der Waals surface area (Å²) in [7, 11) is -2.95. The third kappa shape index (κ3) is 6.81. The van der Waals surface area contributed by atoms with E-state index in [0.29, 0.717) is 0 Å². The number of thiol groups is 1. The summed E-state index contributed by atoms with van der Waals surface area (Å²) in [6.45, 7) is 5.06. The zero-order valence-electron chi connectivity index (χ0n) is 8.44. The van der Waals surface area contributed by atoms with Crippen molar-refractivity contribution in [2.24, 2.45) is 5.73 Å². The highest BCUT2D eigenvalue weighted by atomic mass is 32.2. The van der Waals surface area contributed by atoms with E-state index in [1.54, 1.807) is 20.8 Å². The van der Waals surface area contributed by atoms with Crippen LogP contribution in [0.4, 0.5) is 0 Å². The number of carbonyl (C=O) groups is 1. The lowest BCUT2D eigenvalue weighted by atomic mass is 10.1. The second kappa shape index (κ2) is 5.28. The molecule has 0 bridgehead atoms. The average Bonchev–Trinajstić information content (AvgIpc) is 1.96. The number of carbonyl (C=O) groups excluding carboxylic acids is 1. The van der Waals surface area contributed by atoms with E-state index in [4.69, 9.17) is 5.73 Å². The van der Waals surface area contributed by atoms with Crippen LogP contribution in [0.2, 0.25) is 0 Å². The Kier molecular flexibility index (Phi) is 5.03. The molecule has 1 amide bonds. The topological polar surface area (TPSA) is 98.5 Å². The van der Waals surface area contributed by atoms with Gasteiger partial charge in [-0.05, 0) is 20.8 Å². The molecule has 1 atom stereocenters. The highest BCUT2D eigenvalue weighted by Crippen LogP contribution is 1.98. The summed E-state index contributed by atoms with van der Waals surface area (Å²) >= 11 is 0. The van der Waals surface area contributed by atoms with Crippen LogP contribution in [0.25, 0.3) is 0 Å². The van der Waals surface area contributed by atoms with Crippen LogP contribution in [0.15, 0.2) is 0 Å². The largest absolute Gasteiger partial charge is 0.350 e. The molecule has 0 aliphatic carbocycles. The molecular weight excluding hydrogens is 208 g/mol. The lowest BCUT2D eigenvalue weighted by Crippen LogP contribution is -2.50. The van der Waals surface area contributed by atoms with Crippen molar-refractivity contribution in [3.63, 3.8) is 0 Å². The van der Waals surface area contributed by atoms with E-state index in [0.717, 1.165) is 0 Å². The molecule has 0 aliphatic heterocycles. The molecule has 0 unspecified atom stereocenters. The lowest BCUT2D eigenvalue weighted by molar-refractivity contribution is -0.124. The molecule has 14 heavy (non-hydrogen) atoms. The minimum Gasteiger partial charge on any atom is -0.350 e. The van der Waals surface area contributed by atoms with Gasteiger partial charge < -0.3 is 11.1 Å². The molecule has 0 aromatic heterocycles. The summed E-state index contributed by atoms with van der Waals surface area (Å²) in [5.74, 6) is -0.436. The predicted octanol–water partition coefficient (Wildman–Crippen LogP) is -1.23. The van der Waals surface area contributed by atoms with Gasteiger partial charge in [0.15, 0.2) is 0 Å². The molecule has 0 saturated heterocycles. The first-order valence-electron chi connectivity index (χ1n) is 4.07. The second-order valence-electron chi connectivity index (χ2n) is 3.87. The fourth-order valence-electron chi connectivity index (χ4n) is 0.679. The summed E-state index contributed by atoms with van der Waals surface area (Å²) in [6, 6.07) is -0.970. The number of amides is 1. The molecule has 0 rings (SSSR count). The molecule has 0 aliphatic rings. The van der Waals surface area contributed by atoms with Gasteiger partial charge in [0, 0.05) is 5.54 Å². The molecule has 0 radical (unpaired) electrons. The number of hydrogen-bond donors (Lipinski definition) is 3. The third-order valence-corrected chi connectivity index (χ3v) is 1.55. The number of nitrogens with one attached hydrogen (secondary N) is 1. The first kappa shape index (κ1) is 13.3. The number of rotatable bonds is 4. The summed E-state index contributed by atoms with van der Waals surface area (Å²) < 4.78 is 24.3. The van der Waals surface area contributed by atoms with E-state index in [-0.39, 0.29) is 6.61 Å². The molecule has 6 nitrogen and oxygen atoms in total. The van der Waals surface area contributed by atoms with Crippen LogP contribution in [0.3, 0.4) is 0 Å². The van der Waals surface area contributed by atoms with Gasteiger partial charge in [-0.25, -0.2) is 8.42 Å². The van der Waals surface area contributed by atoms with Gasteiger partial charge in [0.1, 0.15) is 6.04 Å². The van der Waals surface area contributed by atoms with E-state index < -0.39 is 28.5 Å². The molecule has 3 N–H and O–H groups in total. The van der Waals surface area contributed by atoms with E-state index in [9.17, 15) is 13.2 Å². The standard InChI is InChI=1S/C7H16N2O4S/c1-7(2,3)9-6(10)5(8)4-13-14(11)12/h5,14H,4,8H2,1-3H3,(H,9,10)/t5-/m0/s1. The van der Waals surface area contributed by atoms with Gasteiger partial charge in [0.05, 0.1) is 6.61 Å². The van der Waals surface area contributed by atoms with Crippen molar-refractivity contribution in [3.8, 4) is 0 Å². The van der Waals surface area contributed by atoms with Crippen molar-refractivity contribution >= 4 is 16.9 Å². The average molecular weight is 224 g/mol. The first-order chi connectivity index (χ1) is 6.22. The van der Waals surface area contributed by atoms with Crippen molar-refractivity contribution in [2.75, 3.05) is 6.61 Å². The van der Waals surface area contributed by atoms with E-state index in [1.807, 2.05) is 0 Å². The first-order valence-corrected chi connectivity index (χ1v) is 5.17. The van der Waals surface area contributed by atoms with Crippen LogP contribution in [0.1, 0.15) is 20.8 Å². The number of nitrogens with two attached hydrogens (primary N) is 1. The minimum absolute atomic E-state index is 0.333. The Bertz CT molecular complexity index is 261. The van der Waals surface area contributed by atoms with Crippen LogP contribution < -0.4 is 11.1 Å². The molecule has 0 aromatic rings. The van der Waals surface area contributed by atoms with Crippen molar-refractivity contribution in [2.45, 2.75) is 32.4 Å². The maximum absolute atomic E-state index is 11.3. The monoisotopic (exact) mass is 224 g/mol. The fourth-order valence-corrected chi connectivity index (χ4v) is 0.961. The fraction of sp³-hybridized carbons (Fsp3) is 0.857. The minimum atomic E-state index is -2.95. The maximum Gasteiger partial charge on any atom is 0.257 e. The van der Waals surface area contributed by atoms with E-state index in [2.05, 4.69) is 9.50 Å². The molecule has 0 spiro atoms. The zero-order valence-corrected chi connectivity index (χ0v) is 9.34. The van der Waals surface area contributed by atoms with Crippen molar-refractivity contribution in [1.82, 2.24) is 5.32 Å². The Morgan fingerprint density at radius 1 is 1.50 bits per heavy atom. The third-order valence-electron chi connectivity index (χ3n) is 1.19. The van der Waals surface area contributed by atoms with E-state index in [1.165, 1.54) is 0 Å². The molecule has 7 heteroatoms. The highest BCUT2D eigenvalue weighted by molar-refractivity contribution is 7.67. The van der Waals surface area contributed by atoms with Gasteiger partial charge in [-0.1, -0.05) is 0 Å². The van der Waals surface area contributed by atoms with Crippen LogP contribution >= 0.6 is 0 Å². The molecule has 0 aromatic carbocycles. The van der Waals surface area contributed by atoms with Gasteiger partial charge in [-0.2, -0.15) is 0 Å². The van der Waals surface area contributed by atoms with Crippen molar-refractivity contribution in [3.05, 3.63) is 0 Å². The van der Waals surface area contributed by atoms with Crippen LogP contribution in [-0.2, 0) is 20.0 Å². The predicted molar refractivity (Wildman–Crippen MR) is 52.1 cm³/mol. The lowest BCUT2D eigenvalue weighted by Gasteiger charge is -2.22. The molecule has 84 valence electrons. The second-order valence-corrected chi connectivity index (χ2v) is 4.57.